The van der Waals surface area contributed by atoms with Crippen LogP contribution in [-0.4, -0.2) is 19.0 Å². The lowest BCUT2D eigenvalue weighted by Crippen LogP contribution is -2.32. The van der Waals surface area contributed by atoms with E-state index in [1.165, 1.54) is 47.6 Å². The van der Waals surface area contributed by atoms with E-state index in [2.05, 4.69) is 11.8 Å². The molecule has 104 valence electrons. The Hall–Kier alpha value is -1.23. The number of thiophene rings is 1. The van der Waals surface area contributed by atoms with Crippen LogP contribution in [-0.2, 0) is 0 Å². The molecule has 2 heterocycles. The third-order valence-electron chi connectivity index (χ3n) is 4.24. The fourth-order valence-electron chi connectivity index (χ4n) is 2.84. The van der Waals surface area contributed by atoms with E-state index in [0.29, 0.717) is 16.5 Å². The summed E-state index contributed by atoms with van der Waals surface area (Å²) >= 11 is 1.50. The number of nitrogen functional groups attached to an aromatic ring is 1. The zero-order chi connectivity index (χ0) is 13.6. The summed E-state index contributed by atoms with van der Waals surface area (Å²) in [5.74, 6) is 0.966. The molecular weight excluding hydrogens is 258 g/mol. The van der Waals surface area contributed by atoms with Gasteiger partial charge in [0.2, 0.25) is 0 Å². The van der Waals surface area contributed by atoms with Crippen LogP contribution in [0.1, 0.15) is 53.8 Å². The van der Waals surface area contributed by atoms with Crippen LogP contribution < -0.4 is 16.4 Å². The number of carbonyl (C=O) groups excluding carboxylic acids is 1. The number of nitrogens with two attached hydrogens (primary N) is 2. The standard InChI is InChI=1S/C14H21N3OS/c1-8-4-6-17(7-5-8)14-10(9-2-3-9)11(15)12(19-14)13(16)18/h8-9H,2-7,15H2,1H3,(H2,16,18). The average Bonchev–Trinajstić information content (AvgIpc) is 3.14. The van der Waals surface area contributed by atoms with E-state index in [-0.39, 0.29) is 5.91 Å². The van der Waals surface area contributed by atoms with Crippen molar-refractivity contribution >= 4 is 27.9 Å². The number of hydrogen-bond donors (Lipinski definition) is 2. The van der Waals surface area contributed by atoms with Crippen molar-refractivity contribution in [1.29, 1.82) is 0 Å². The Bertz CT molecular complexity index is 499. The summed E-state index contributed by atoms with van der Waals surface area (Å²) in [4.78, 5) is 14.5. The molecule has 4 N–H and O–H groups in total. The predicted octanol–water partition coefficient (Wildman–Crippen LogP) is 2.54. The number of piperidine rings is 1. The van der Waals surface area contributed by atoms with Crippen molar-refractivity contribution in [3.05, 3.63) is 10.4 Å². The van der Waals surface area contributed by atoms with Crippen LogP contribution in [0.2, 0.25) is 0 Å². The molecule has 3 rings (SSSR count). The van der Waals surface area contributed by atoms with Gasteiger partial charge < -0.3 is 16.4 Å². The zero-order valence-electron chi connectivity index (χ0n) is 11.3. The van der Waals surface area contributed by atoms with Gasteiger partial charge in [-0.1, -0.05) is 6.92 Å². The molecule has 1 saturated heterocycles. The third kappa shape index (κ3) is 2.31. The molecule has 4 nitrogen and oxygen atoms in total. The normalized spacial score (nSPS) is 20.8. The molecule has 0 unspecified atom stereocenters. The highest BCUT2D eigenvalue weighted by molar-refractivity contribution is 7.18. The van der Waals surface area contributed by atoms with Crippen molar-refractivity contribution in [2.75, 3.05) is 23.7 Å². The van der Waals surface area contributed by atoms with E-state index in [1.54, 1.807) is 0 Å². The minimum absolute atomic E-state index is 0.388. The maximum atomic E-state index is 11.5. The molecule has 0 aromatic carbocycles. The number of primary amides is 1. The molecular formula is C14H21N3OS. The number of carbonyl (C=O) groups is 1. The molecule has 1 aliphatic carbocycles. The predicted molar refractivity (Wildman–Crippen MR) is 79.8 cm³/mol. The van der Waals surface area contributed by atoms with E-state index in [4.69, 9.17) is 11.5 Å². The van der Waals surface area contributed by atoms with Gasteiger partial charge in [-0.05, 0) is 37.5 Å². The Morgan fingerprint density at radius 2 is 1.89 bits per heavy atom. The lowest BCUT2D eigenvalue weighted by Gasteiger charge is -2.32. The van der Waals surface area contributed by atoms with Crippen LogP contribution in [0.5, 0.6) is 0 Å². The van der Waals surface area contributed by atoms with Gasteiger partial charge in [-0.2, -0.15) is 0 Å². The summed E-state index contributed by atoms with van der Waals surface area (Å²) in [6.07, 6.45) is 4.81. The van der Waals surface area contributed by atoms with Crippen molar-refractivity contribution in [3.63, 3.8) is 0 Å². The van der Waals surface area contributed by atoms with Crippen molar-refractivity contribution in [2.24, 2.45) is 11.7 Å². The largest absolute Gasteiger partial charge is 0.397 e. The van der Waals surface area contributed by atoms with E-state index >= 15 is 0 Å². The Labute approximate surface area is 117 Å². The van der Waals surface area contributed by atoms with Gasteiger partial charge >= 0.3 is 0 Å². The van der Waals surface area contributed by atoms with E-state index < -0.39 is 0 Å². The van der Waals surface area contributed by atoms with Gasteiger partial charge in [-0.15, -0.1) is 11.3 Å². The lowest BCUT2D eigenvalue weighted by atomic mass is 9.99. The van der Waals surface area contributed by atoms with Crippen LogP contribution in [0.15, 0.2) is 0 Å². The van der Waals surface area contributed by atoms with E-state index in [0.717, 1.165) is 19.0 Å². The highest BCUT2D eigenvalue weighted by Crippen LogP contribution is 2.52. The van der Waals surface area contributed by atoms with Gasteiger partial charge in [-0.25, -0.2) is 0 Å². The van der Waals surface area contributed by atoms with Crippen LogP contribution in [0.4, 0.5) is 10.7 Å². The molecule has 0 atom stereocenters. The van der Waals surface area contributed by atoms with Crippen LogP contribution in [0, 0.1) is 5.92 Å². The van der Waals surface area contributed by atoms with Crippen molar-refractivity contribution in [3.8, 4) is 0 Å². The van der Waals surface area contributed by atoms with E-state index in [9.17, 15) is 4.79 Å². The Morgan fingerprint density at radius 3 is 2.42 bits per heavy atom. The highest BCUT2D eigenvalue weighted by atomic mass is 32.1. The summed E-state index contributed by atoms with van der Waals surface area (Å²) in [5, 5.41) is 1.21. The summed E-state index contributed by atoms with van der Waals surface area (Å²) in [7, 11) is 0. The molecule has 0 radical (unpaired) electrons. The molecule has 1 aromatic rings. The van der Waals surface area contributed by atoms with Gasteiger partial charge in [0.1, 0.15) is 4.88 Å². The first-order valence-electron chi connectivity index (χ1n) is 7.04. The van der Waals surface area contributed by atoms with Gasteiger partial charge in [0.05, 0.1) is 10.7 Å². The molecule has 0 bridgehead atoms. The molecule has 2 fully saturated rings. The summed E-state index contributed by atoms with van der Waals surface area (Å²) in [6.45, 7) is 4.44. The second-order valence-corrected chi connectivity index (χ2v) is 6.87. The molecule has 5 heteroatoms. The van der Waals surface area contributed by atoms with Crippen LogP contribution in [0.25, 0.3) is 0 Å². The molecule has 1 aromatic heterocycles. The Balaban J connectivity index is 1.95. The minimum atomic E-state index is -0.388. The maximum absolute atomic E-state index is 11.5. The number of anilines is 2. The smallest absolute Gasteiger partial charge is 0.260 e. The monoisotopic (exact) mass is 279 g/mol. The topological polar surface area (TPSA) is 72.3 Å². The second-order valence-electron chi connectivity index (χ2n) is 5.87. The first kappa shape index (κ1) is 12.8. The molecule has 1 amide bonds. The number of nitrogens with zero attached hydrogens (tertiary/aromatic N) is 1. The fraction of sp³-hybridized carbons (Fsp3) is 0.643. The van der Waals surface area contributed by atoms with Crippen LogP contribution in [0.3, 0.4) is 0 Å². The van der Waals surface area contributed by atoms with Gasteiger partial charge in [0, 0.05) is 18.7 Å². The van der Waals surface area contributed by atoms with Gasteiger partial charge in [0.25, 0.3) is 5.91 Å². The molecule has 2 aliphatic rings. The van der Waals surface area contributed by atoms with Crippen LogP contribution >= 0.6 is 11.3 Å². The Kier molecular flexibility index (Phi) is 3.17. The summed E-state index contributed by atoms with van der Waals surface area (Å²) < 4.78 is 0. The number of hydrogen-bond acceptors (Lipinski definition) is 4. The first-order valence-corrected chi connectivity index (χ1v) is 7.86. The Morgan fingerprint density at radius 1 is 1.26 bits per heavy atom. The lowest BCUT2D eigenvalue weighted by molar-refractivity contribution is 0.100. The quantitative estimate of drug-likeness (QED) is 0.893. The van der Waals surface area contributed by atoms with Gasteiger partial charge in [-0.3, -0.25) is 4.79 Å². The molecule has 1 saturated carbocycles. The highest BCUT2D eigenvalue weighted by Gasteiger charge is 2.34. The van der Waals surface area contributed by atoms with Gasteiger partial charge in [0.15, 0.2) is 0 Å². The number of amides is 1. The van der Waals surface area contributed by atoms with Crippen molar-refractivity contribution in [2.45, 2.75) is 38.5 Å². The van der Waals surface area contributed by atoms with Crippen molar-refractivity contribution < 1.29 is 4.79 Å². The summed E-state index contributed by atoms with van der Waals surface area (Å²) in [5.41, 5.74) is 13.5. The first-order chi connectivity index (χ1) is 9.08. The maximum Gasteiger partial charge on any atom is 0.260 e. The second kappa shape index (κ2) is 4.71. The SMILES string of the molecule is CC1CCN(c2sc(C(N)=O)c(N)c2C2CC2)CC1. The summed E-state index contributed by atoms with van der Waals surface area (Å²) in [6, 6.07) is 0. The van der Waals surface area contributed by atoms with Crippen molar-refractivity contribution in [1.82, 2.24) is 0 Å². The third-order valence-corrected chi connectivity index (χ3v) is 5.54. The number of rotatable bonds is 3. The fourth-order valence-corrected chi connectivity index (χ4v) is 4.05. The van der Waals surface area contributed by atoms with E-state index in [1.807, 2.05) is 0 Å². The molecule has 19 heavy (non-hydrogen) atoms. The molecule has 1 aliphatic heterocycles. The minimum Gasteiger partial charge on any atom is -0.397 e. The zero-order valence-corrected chi connectivity index (χ0v) is 12.1. The molecule has 0 spiro atoms. The average molecular weight is 279 g/mol.